The molecule has 0 aliphatic carbocycles. The molecule has 0 aromatic carbocycles. The lowest BCUT2D eigenvalue weighted by Crippen LogP contribution is -2.25. The lowest BCUT2D eigenvalue weighted by atomic mass is 9.84. The summed E-state index contributed by atoms with van der Waals surface area (Å²) >= 11 is 0. The maximum Gasteiger partial charge on any atom is 0.309 e. The van der Waals surface area contributed by atoms with Crippen LogP contribution in [0.2, 0.25) is 0 Å². The summed E-state index contributed by atoms with van der Waals surface area (Å²) in [6, 6.07) is 0. The molecule has 1 heterocycles. The fourth-order valence-electron chi connectivity index (χ4n) is 1.68. The van der Waals surface area contributed by atoms with Crippen LogP contribution in [0.5, 0.6) is 0 Å². The molecule has 0 N–H and O–H groups in total. The largest absolute Gasteiger partial charge is 0.462 e. The lowest BCUT2D eigenvalue weighted by Gasteiger charge is -2.24. The van der Waals surface area contributed by atoms with Crippen LogP contribution in [-0.2, 0) is 14.3 Å². The van der Waals surface area contributed by atoms with Crippen molar-refractivity contribution < 1.29 is 14.3 Å². The summed E-state index contributed by atoms with van der Waals surface area (Å²) in [6.07, 6.45) is 0.965. The van der Waals surface area contributed by atoms with E-state index in [2.05, 4.69) is 0 Å². The molecule has 0 aromatic heterocycles. The van der Waals surface area contributed by atoms with Crippen molar-refractivity contribution in [2.75, 3.05) is 0 Å². The Morgan fingerprint density at radius 3 is 2.43 bits per heavy atom. The number of ketones is 1. The van der Waals surface area contributed by atoms with E-state index >= 15 is 0 Å². The standard InChI is InChI=1S/C11H18O3/c1-7(12)5-8-6-9(11(2,3)4)14-10(8)13/h8-9H,5-6H2,1-4H3/t8-,9-/m1/s1. The van der Waals surface area contributed by atoms with Gasteiger partial charge < -0.3 is 9.53 Å². The molecule has 1 saturated heterocycles. The Hall–Kier alpha value is -0.860. The van der Waals surface area contributed by atoms with Crippen molar-refractivity contribution in [3.05, 3.63) is 0 Å². The number of rotatable bonds is 2. The molecule has 1 aliphatic rings. The second kappa shape index (κ2) is 3.71. The van der Waals surface area contributed by atoms with Crippen LogP contribution < -0.4 is 0 Å². The van der Waals surface area contributed by atoms with Gasteiger partial charge >= 0.3 is 5.97 Å². The van der Waals surface area contributed by atoms with E-state index in [9.17, 15) is 9.59 Å². The number of carbonyl (C=O) groups is 2. The fraction of sp³-hybridized carbons (Fsp3) is 0.818. The minimum absolute atomic E-state index is 0.0266. The van der Waals surface area contributed by atoms with Gasteiger partial charge in [-0.05, 0) is 18.8 Å². The number of hydrogen-bond donors (Lipinski definition) is 0. The van der Waals surface area contributed by atoms with Gasteiger partial charge in [-0.25, -0.2) is 0 Å². The first-order valence-electron chi connectivity index (χ1n) is 5.00. The topological polar surface area (TPSA) is 43.4 Å². The van der Waals surface area contributed by atoms with Crippen LogP contribution in [-0.4, -0.2) is 17.9 Å². The molecule has 1 fully saturated rings. The molecule has 3 nitrogen and oxygen atoms in total. The van der Waals surface area contributed by atoms with Gasteiger partial charge in [0.05, 0.1) is 5.92 Å². The van der Waals surface area contributed by atoms with Gasteiger partial charge in [-0.3, -0.25) is 4.79 Å². The van der Waals surface area contributed by atoms with Crippen molar-refractivity contribution in [2.24, 2.45) is 11.3 Å². The molecule has 3 heteroatoms. The van der Waals surface area contributed by atoms with Gasteiger partial charge in [0.2, 0.25) is 0 Å². The van der Waals surface area contributed by atoms with E-state index in [0.29, 0.717) is 12.8 Å². The Morgan fingerprint density at radius 2 is 2.07 bits per heavy atom. The summed E-state index contributed by atoms with van der Waals surface area (Å²) in [5, 5.41) is 0. The average molecular weight is 198 g/mol. The van der Waals surface area contributed by atoms with Crippen LogP contribution in [0.1, 0.15) is 40.5 Å². The maximum absolute atomic E-state index is 11.4. The first kappa shape index (κ1) is 11.2. The van der Waals surface area contributed by atoms with E-state index < -0.39 is 0 Å². The van der Waals surface area contributed by atoms with Crippen LogP contribution in [0, 0.1) is 11.3 Å². The Labute approximate surface area is 84.8 Å². The van der Waals surface area contributed by atoms with E-state index in [1.54, 1.807) is 0 Å². The number of carbonyl (C=O) groups excluding carboxylic acids is 2. The second-order valence-electron chi connectivity index (χ2n) is 5.13. The van der Waals surface area contributed by atoms with Gasteiger partial charge in [-0.15, -0.1) is 0 Å². The normalized spacial score (nSPS) is 27.6. The zero-order valence-corrected chi connectivity index (χ0v) is 9.29. The van der Waals surface area contributed by atoms with Crippen LogP contribution in [0.25, 0.3) is 0 Å². The van der Waals surface area contributed by atoms with Crippen molar-refractivity contribution in [3.8, 4) is 0 Å². The number of esters is 1. The van der Waals surface area contributed by atoms with Crippen LogP contribution >= 0.6 is 0 Å². The monoisotopic (exact) mass is 198 g/mol. The minimum Gasteiger partial charge on any atom is -0.462 e. The predicted molar refractivity (Wildman–Crippen MR) is 52.7 cm³/mol. The highest BCUT2D eigenvalue weighted by atomic mass is 16.6. The third kappa shape index (κ3) is 2.56. The quantitative estimate of drug-likeness (QED) is 0.637. The molecular formula is C11H18O3. The summed E-state index contributed by atoms with van der Waals surface area (Å²) in [5.41, 5.74) is -0.0266. The molecule has 1 rings (SSSR count). The average Bonchev–Trinajstić information content (AvgIpc) is 2.30. The molecule has 80 valence electrons. The van der Waals surface area contributed by atoms with Gasteiger partial charge in [-0.2, -0.15) is 0 Å². The predicted octanol–water partition coefficient (Wildman–Crippen LogP) is 1.94. The highest BCUT2D eigenvalue weighted by Gasteiger charge is 2.40. The molecule has 0 radical (unpaired) electrons. The highest BCUT2D eigenvalue weighted by molar-refractivity contribution is 5.83. The van der Waals surface area contributed by atoms with E-state index in [1.165, 1.54) is 6.92 Å². The Kier molecular flexibility index (Phi) is 2.98. The number of cyclic esters (lactones) is 1. The third-order valence-corrected chi connectivity index (χ3v) is 2.59. The summed E-state index contributed by atoms with van der Waals surface area (Å²) < 4.78 is 5.25. The van der Waals surface area contributed by atoms with E-state index in [0.717, 1.165) is 0 Å². The number of ether oxygens (including phenoxy) is 1. The third-order valence-electron chi connectivity index (χ3n) is 2.59. The molecule has 0 unspecified atom stereocenters. The molecule has 14 heavy (non-hydrogen) atoms. The van der Waals surface area contributed by atoms with Gasteiger partial charge in [0, 0.05) is 6.42 Å². The summed E-state index contributed by atoms with van der Waals surface area (Å²) in [4.78, 5) is 22.3. The van der Waals surface area contributed by atoms with Crippen LogP contribution in [0.15, 0.2) is 0 Å². The van der Waals surface area contributed by atoms with E-state index in [1.807, 2.05) is 20.8 Å². The zero-order valence-electron chi connectivity index (χ0n) is 9.29. The van der Waals surface area contributed by atoms with E-state index in [4.69, 9.17) is 4.74 Å². The maximum atomic E-state index is 11.4. The number of hydrogen-bond acceptors (Lipinski definition) is 3. The lowest BCUT2D eigenvalue weighted by molar-refractivity contribution is -0.148. The Balaban J connectivity index is 2.60. The SMILES string of the molecule is CC(=O)C[C@@H]1C[C@H](C(C)(C)C)OC1=O. The first-order valence-corrected chi connectivity index (χ1v) is 5.00. The summed E-state index contributed by atoms with van der Waals surface area (Å²) in [5.74, 6) is -0.363. The van der Waals surface area contributed by atoms with Crippen molar-refractivity contribution in [3.63, 3.8) is 0 Å². The van der Waals surface area contributed by atoms with Crippen LogP contribution in [0.3, 0.4) is 0 Å². The van der Waals surface area contributed by atoms with Gasteiger partial charge in [0.25, 0.3) is 0 Å². The molecule has 0 saturated carbocycles. The van der Waals surface area contributed by atoms with E-state index in [-0.39, 0.29) is 29.2 Å². The zero-order chi connectivity index (χ0) is 10.9. The minimum atomic E-state index is -0.211. The Morgan fingerprint density at radius 1 is 1.50 bits per heavy atom. The molecule has 0 spiro atoms. The van der Waals surface area contributed by atoms with Gasteiger partial charge in [-0.1, -0.05) is 20.8 Å². The smallest absolute Gasteiger partial charge is 0.309 e. The summed E-state index contributed by atoms with van der Waals surface area (Å²) in [7, 11) is 0. The second-order valence-corrected chi connectivity index (χ2v) is 5.13. The summed E-state index contributed by atoms with van der Waals surface area (Å²) in [6.45, 7) is 7.64. The van der Waals surface area contributed by atoms with Crippen molar-refractivity contribution in [1.82, 2.24) is 0 Å². The molecule has 0 bridgehead atoms. The molecule has 1 aliphatic heterocycles. The fourth-order valence-corrected chi connectivity index (χ4v) is 1.68. The van der Waals surface area contributed by atoms with Crippen LogP contribution in [0.4, 0.5) is 0 Å². The van der Waals surface area contributed by atoms with Gasteiger partial charge in [0.1, 0.15) is 11.9 Å². The molecule has 0 aromatic rings. The van der Waals surface area contributed by atoms with Crippen molar-refractivity contribution >= 4 is 11.8 Å². The number of Topliss-reactive ketones (excluding diaryl/α,β-unsaturated/α-hetero) is 1. The molecule has 2 atom stereocenters. The Bertz CT molecular complexity index is 250. The first-order chi connectivity index (χ1) is 6.30. The van der Waals surface area contributed by atoms with Gasteiger partial charge in [0.15, 0.2) is 0 Å². The molecule has 0 amide bonds. The molecular weight excluding hydrogens is 180 g/mol. The highest BCUT2D eigenvalue weighted by Crippen LogP contribution is 2.35. The van der Waals surface area contributed by atoms with Crippen molar-refractivity contribution in [2.45, 2.75) is 46.6 Å². The van der Waals surface area contributed by atoms with Crippen molar-refractivity contribution in [1.29, 1.82) is 0 Å².